The Balaban J connectivity index is 1.41. The van der Waals surface area contributed by atoms with Crippen molar-refractivity contribution in [3.8, 4) is 5.75 Å². The number of thioether (sulfide) groups is 1. The quantitative estimate of drug-likeness (QED) is 0.485. The number of nitrogens with one attached hydrogen (secondary N) is 2. The Kier molecular flexibility index (Phi) is 7.32. The highest BCUT2D eigenvalue weighted by Crippen LogP contribution is 2.26. The summed E-state index contributed by atoms with van der Waals surface area (Å²) in [6.07, 6.45) is 2.57. The number of carbonyl (C=O) groups excluding carboxylic acids is 3. The molecule has 0 atom stereocenters. The zero-order valence-electron chi connectivity index (χ0n) is 15.4. The fraction of sp³-hybridized carbons (Fsp3) is 0.190. The van der Waals surface area contributed by atoms with Gasteiger partial charge in [-0.2, -0.15) is 0 Å². The summed E-state index contributed by atoms with van der Waals surface area (Å²) in [6, 6.07) is 14.5. The number of imide groups is 1. The third-order valence-corrected chi connectivity index (χ3v) is 5.08. The molecule has 0 aliphatic carbocycles. The molecule has 0 radical (unpaired) electrons. The first-order chi connectivity index (χ1) is 14.0. The van der Waals surface area contributed by atoms with Gasteiger partial charge in [-0.1, -0.05) is 35.9 Å². The zero-order chi connectivity index (χ0) is 20.6. The normalized spacial score (nSPS) is 14.7. The Morgan fingerprint density at radius 1 is 1.17 bits per heavy atom. The van der Waals surface area contributed by atoms with E-state index in [1.807, 2.05) is 18.2 Å². The van der Waals surface area contributed by atoms with E-state index < -0.39 is 5.91 Å². The third-order valence-electron chi connectivity index (χ3n) is 4.02. The van der Waals surface area contributed by atoms with Crippen LogP contribution in [0.1, 0.15) is 24.0 Å². The van der Waals surface area contributed by atoms with E-state index >= 15 is 0 Å². The summed E-state index contributed by atoms with van der Waals surface area (Å²) in [5, 5.41) is 5.37. The summed E-state index contributed by atoms with van der Waals surface area (Å²) in [5.74, 6) is 0.197. The number of hydrogen-bond donors (Lipinski definition) is 2. The lowest BCUT2D eigenvalue weighted by Crippen LogP contribution is -2.22. The zero-order valence-corrected chi connectivity index (χ0v) is 17.0. The SMILES string of the molecule is O=C(CCCOc1cccc(/C=C2/SC(=O)NC2=O)c1)NCc1ccc(Cl)cc1. The Bertz CT molecular complexity index is 944. The fourth-order valence-electron chi connectivity index (χ4n) is 2.58. The molecule has 8 heteroatoms. The highest BCUT2D eigenvalue weighted by molar-refractivity contribution is 8.18. The highest BCUT2D eigenvalue weighted by Gasteiger charge is 2.24. The Labute approximate surface area is 177 Å². The van der Waals surface area contributed by atoms with Gasteiger partial charge in [-0.25, -0.2) is 0 Å². The van der Waals surface area contributed by atoms with Gasteiger partial charge >= 0.3 is 0 Å². The smallest absolute Gasteiger partial charge is 0.290 e. The molecule has 0 unspecified atom stereocenters. The average molecular weight is 431 g/mol. The summed E-state index contributed by atoms with van der Waals surface area (Å²) in [6.45, 7) is 0.851. The van der Waals surface area contributed by atoms with E-state index in [9.17, 15) is 14.4 Å². The van der Waals surface area contributed by atoms with Gasteiger partial charge in [0.05, 0.1) is 11.5 Å². The first-order valence-electron chi connectivity index (χ1n) is 8.98. The summed E-state index contributed by atoms with van der Waals surface area (Å²) in [4.78, 5) is 35.1. The van der Waals surface area contributed by atoms with Crippen LogP contribution in [0.25, 0.3) is 6.08 Å². The lowest BCUT2D eigenvalue weighted by Gasteiger charge is -2.08. The lowest BCUT2D eigenvalue weighted by atomic mass is 10.2. The molecule has 0 spiro atoms. The van der Waals surface area contributed by atoms with Gasteiger partial charge < -0.3 is 10.1 Å². The van der Waals surface area contributed by atoms with E-state index in [0.29, 0.717) is 41.7 Å². The van der Waals surface area contributed by atoms with Gasteiger partial charge in [0, 0.05) is 18.0 Å². The van der Waals surface area contributed by atoms with Crippen LogP contribution in [-0.2, 0) is 16.1 Å². The van der Waals surface area contributed by atoms with Crippen molar-refractivity contribution in [2.45, 2.75) is 19.4 Å². The minimum atomic E-state index is -0.393. The number of halogens is 1. The molecule has 2 aromatic rings. The number of amides is 3. The monoisotopic (exact) mass is 430 g/mol. The second-order valence-corrected chi connectivity index (χ2v) is 7.73. The molecule has 0 aromatic heterocycles. The van der Waals surface area contributed by atoms with Gasteiger partial charge in [0.2, 0.25) is 5.91 Å². The van der Waals surface area contributed by atoms with Crippen molar-refractivity contribution in [2.75, 3.05) is 6.61 Å². The van der Waals surface area contributed by atoms with Crippen molar-refractivity contribution < 1.29 is 19.1 Å². The van der Waals surface area contributed by atoms with Gasteiger partial charge in [-0.05, 0) is 59.7 Å². The van der Waals surface area contributed by atoms with E-state index in [4.69, 9.17) is 16.3 Å². The number of carbonyl (C=O) groups is 3. The second kappa shape index (κ2) is 10.1. The molecular weight excluding hydrogens is 412 g/mol. The summed E-state index contributed by atoms with van der Waals surface area (Å²) < 4.78 is 5.69. The van der Waals surface area contributed by atoms with Crippen molar-refractivity contribution in [1.29, 1.82) is 0 Å². The maximum atomic E-state index is 11.9. The van der Waals surface area contributed by atoms with Crippen LogP contribution in [0, 0.1) is 0 Å². The van der Waals surface area contributed by atoms with E-state index in [1.165, 1.54) is 0 Å². The second-order valence-electron chi connectivity index (χ2n) is 6.28. The Morgan fingerprint density at radius 3 is 2.69 bits per heavy atom. The van der Waals surface area contributed by atoms with Crippen molar-refractivity contribution >= 4 is 46.5 Å². The first kappa shape index (κ1) is 21.0. The van der Waals surface area contributed by atoms with E-state index in [-0.39, 0.29) is 11.1 Å². The summed E-state index contributed by atoms with van der Waals surface area (Å²) in [5.41, 5.74) is 1.75. The standard InChI is InChI=1S/C21H19ClN2O4S/c22-16-8-6-14(7-9-16)13-23-19(25)5-2-10-28-17-4-1-3-15(11-17)12-18-20(26)24-21(27)29-18/h1,3-4,6-9,11-12H,2,5,10,13H2,(H,23,25)(H,24,26,27)/b18-12+. The molecular formula is C21H19ClN2O4S. The van der Waals surface area contributed by atoms with Crippen molar-refractivity contribution in [3.63, 3.8) is 0 Å². The predicted molar refractivity (Wildman–Crippen MR) is 114 cm³/mol. The largest absolute Gasteiger partial charge is 0.494 e. The molecule has 3 amide bonds. The molecule has 1 aliphatic heterocycles. The molecule has 2 aromatic carbocycles. The molecule has 6 nitrogen and oxygen atoms in total. The Hall–Kier alpha value is -2.77. The van der Waals surface area contributed by atoms with Gasteiger partial charge in [0.1, 0.15) is 5.75 Å². The molecule has 3 rings (SSSR count). The molecule has 0 bridgehead atoms. The van der Waals surface area contributed by atoms with Crippen LogP contribution in [-0.4, -0.2) is 23.7 Å². The molecule has 29 heavy (non-hydrogen) atoms. The topological polar surface area (TPSA) is 84.5 Å². The van der Waals surface area contributed by atoms with Gasteiger partial charge in [0.25, 0.3) is 11.1 Å². The molecule has 0 saturated carbocycles. The minimum absolute atomic E-state index is 0.0454. The van der Waals surface area contributed by atoms with Gasteiger partial charge in [0.15, 0.2) is 0 Å². The van der Waals surface area contributed by atoms with Crippen molar-refractivity contribution in [3.05, 3.63) is 69.6 Å². The number of hydrogen-bond acceptors (Lipinski definition) is 5. The predicted octanol–water partition coefficient (Wildman–Crippen LogP) is 4.14. The van der Waals surface area contributed by atoms with Crippen LogP contribution >= 0.6 is 23.4 Å². The third kappa shape index (κ3) is 6.66. The average Bonchev–Trinajstić information content (AvgIpc) is 3.02. The van der Waals surface area contributed by atoms with Crippen LogP contribution in [0.3, 0.4) is 0 Å². The number of rotatable bonds is 8. The van der Waals surface area contributed by atoms with Gasteiger partial charge in [-0.3, -0.25) is 19.7 Å². The molecule has 1 fully saturated rings. The van der Waals surface area contributed by atoms with Crippen LogP contribution in [0.2, 0.25) is 5.02 Å². The van der Waals surface area contributed by atoms with Crippen LogP contribution in [0.5, 0.6) is 5.75 Å². The molecule has 150 valence electrons. The van der Waals surface area contributed by atoms with E-state index in [1.54, 1.807) is 36.4 Å². The van der Waals surface area contributed by atoms with E-state index in [2.05, 4.69) is 10.6 Å². The molecule has 1 aliphatic rings. The summed E-state index contributed by atoms with van der Waals surface area (Å²) >= 11 is 6.71. The maximum absolute atomic E-state index is 11.9. The van der Waals surface area contributed by atoms with Crippen molar-refractivity contribution in [1.82, 2.24) is 10.6 Å². The lowest BCUT2D eigenvalue weighted by molar-refractivity contribution is -0.121. The summed E-state index contributed by atoms with van der Waals surface area (Å²) in [7, 11) is 0. The van der Waals surface area contributed by atoms with Crippen molar-refractivity contribution in [2.24, 2.45) is 0 Å². The molecule has 1 saturated heterocycles. The van der Waals surface area contributed by atoms with Crippen LogP contribution in [0.4, 0.5) is 4.79 Å². The minimum Gasteiger partial charge on any atom is -0.494 e. The highest BCUT2D eigenvalue weighted by atomic mass is 35.5. The number of benzene rings is 2. The van der Waals surface area contributed by atoms with E-state index in [0.717, 1.165) is 22.9 Å². The number of ether oxygens (including phenoxy) is 1. The van der Waals surface area contributed by atoms with Crippen LogP contribution < -0.4 is 15.4 Å². The van der Waals surface area contributed by atoms with Gasteiger partial charge in [-0.15, -0.1) is 0 Å². The first-order valence-corrected chi connectivity index (χ1v) is 10.2. The molecule has 2 N–H and O–H groups in total. The Morgan fingerprint density at radius 2 is 1.97 bits per heavy atom. The molecule has 1 heterocycles. The maximum Gasteiger partial charge on any atom is 0.290 e. The fourth-order valence-corrected chi connectivity index (χ4v) is 3.39. The van der Waals surface area contributed by atoms with Crippen LogP contribution in [0.15, 0.2) is 53.4 Å².